The molecular formula is C20H30N4O4S. The lowest BCUT2D eigenvalue weighted by atomic mass is 9.89. The minimum atomic E-state index is -1.11. The van der Waals surface area contributed by atoms with Crippen LogP contribution in [0.15, 0.2) is 5.38 Å². The zero-order valence-electron chi connectivity index (χ0n) is 16.9. The summed E-state index contributed by atoms with van der Waals surface area (Å²) < 4.78 is 0. The highest BCUT2D eigenvalue weighted by atomic mass is 32.1. The Bertz CT molecular complexity index is 708. The topological polar surface area (TPSA) is 112 Å². The molecule has 0 aromatic carbocycles. The maximum atomic E-state index is 13.2. The third-order valence-corrected chi connectivity index (χ3v) is 6.60. The van der Waals surface area contributed by atoms with Crippen LogP contribution in [0.5, 0.6) is 0 Å². The van der Waals surface area contributed by atoms with E-state index in [1.807, 2.05) is 4.90 Å². The van der Waals surface area contributed by atoms with E-state index in [1.165, 1.54) is 36.5 Å². The summed E-state index contributed by atoms with van der Waals surface area (Å²) in [5, 5.41) is 16.1. The number of thiazole rings is 1. The Kier molecular flexibility index (Phi) is 7.46. The Labute approximate surface area is 175 Å². The number of aliphatic carboxylic acids is 1. The number of hydrogen-bond donors (Lipinski definition) is 3. The average molecular weight is 423 g/mol. The summed E-state index contributed by atoms with van der Waals surface area (Å²) in [5.41, 5.74) is 0.111. The van der Waals surface area contributed by atoms with Gasteiger partial charge in [0.15, 0.2) is 5.13 Å². The van der Waals surface area contributed by atoms with E-state index in [0.29, 0.717) is 5.13 Å². The van der Waals surface area contributed by atoms with Gasteiger partial charge in [-0.05, 0) is 32.6 Å². The number of carboxylic acids is 1. The second kappa shape index (κ2) is 10.0. The number of amides is 3. The van der Waals surface area contributed by atoms with Crippen LogP contribution in [0, 0.1) is 0 Å². The minimum Gasteiger partial charge on any atom is -0.480 e. The average Bonchev–Trinajstić information content (AvgIpc) is 3.18. The van der Waals surface area contributed by atoms with E-state index in [4.69, 9.17) is 5.11 Å². The van der Waals surface area contributed by atoms with Gasteiger partial charge in [-0.25, -0.2) is 9.78 Å². The number of carbonyl (C=O) groups is 3. The van der Waals surface area contributed by atoms with Gasteiger partial charge in [0, 0.05) is 17.5 Å². The van der Waals surface area contributed by atoms with Crippen molar-refractivity contribution in [3.8, 4) is 0 Å². The van der Waals surface area contributed by atoms with E-state index < -0.39 is 17.9 Å². The molecule has 2 aliphatic carbocycles. The van der Waals surface area contributed by atoms with Gasteiger partial charge in [-0.2, -0.15) is 0 Å². The number of carboxylic acid groups (broad SMARTS) is 1. The number of aromatic nitrogens is 1. The second-order valence-electron chi connectivity index (χ2n) is 7.99. The van der Waals surface area contributed by atoms with Gasteiger partial charge in [0.05, 0.1) is 0 Å². The molecule has 2 saturated carbocycles. The first-order valence-corrected chi connectivity index (χ1v) is 11.4. The van der Waals surface area contributed by atoms with Crippen LogP contribution in [-0.4, -0.2) is 51.0 Å². The zero-order chi connectivity index (χ0) is 20.8. The fraction of sp³-hybridized carbons (Fsp3) is 0.700. The van der Waals surface area contributed by atoms with Crippen LogP contribution < -0.4 is 10.6 Å². The first-order valence-electron chi connectivity index (χ1n) is 10.5. The highest BCUT2D eigenvalue weighted by Gasteiger charge is 2.33. The van der Waals surface area contributed by atoms with E-state index in [9.17, 15) is 14.4 Å². The van der Waals surface area contributed by atoms with Crippen LogP contribution in [0.4, 0.5) is 9.93 Å². The van der Waals surface area contributed by atoms with Gasteiger partial charge in [0.1, 0.15) is 11.7 Å². The molecule has 3 N–H and O–H groups in total. The summed E-state index contributed by atoms with van der Waals surface area (Å²) in [6.45, 7) is 1.39. The summed E-state index contributed by atoms with van der Waals surface area (Å²) in [6, 6.07) is -0.601. The molecule has 1 atom stereocenters. The van der Waals surface area contributed by atoms with E-state index in [0.717, 1.165) is 51.4 Å². The van der Waals surface area contributed by atoms with Crippen LogP contribution in [0.1, 0.15) is 81.6 Å². The van der Waals surface area contributed by atoms with Crippen molar-refractivity contribution in [2.75, 3.05) is 5.32 Å². The molecule has 9 heteroatoms. The van der Waals surface area contributed by atoms with Crippen molar-refractivity contribution in [3.63, 3.8) is 0 Å². The van der Waals surface area contributed by atoms with Crippen LogP contribution in [0.25, 0.3) is 0 Å². The highest BCUT2D eigenvalue weighted by Crippen LogP contribution is 2.31. The molecule has 0 aliphatic heterocycles. The maximum absolute atomic E-state index is 13.2. The Hall–Kier alpha value is -2.16. The molecule has 2 aliphatic rings. The number of hydrogen-bond acceptors (Lipinski definition) is 5. The first-order chi connectivity index (χ1) is 14.0. The second-order valence-corrected chi connectivity index (χ2v) is 8.85. The molecule has 29 heavy (non-hydrogen) atoms. The SMILES string of the molecule is C[C@H](NC(=O)c1csc(NC(=O)N(C2CCCCC2)C2CCCCC2)n1)C(=O)O. The third kappa shape index (κ3) is 5.68. The molecular weight excluding hydrogens is 392 g/mol. The monoisotopic (exact) mass is 422 g/mol. The van der Waals surface area contributed by atoms with Gasteiger partial charge in [0.2, 0.25) is 0 Å². The fourth-order valence-corrected chi connectivity index (χ4v) is 4.95. The van der Waals surface area contributed by atoms with Crippen molar-refractivity contribution in [3.05, 3.63) is 11.1 Å². The smallest absolute Gasteiger partial charge is 0.325 e. The third-order valence-electron chi connectivity index (χ3n) is 5.84. The Balaban J connectivity index is 1.66. The summed E-state index contributed by atoms with van der Waals surface area (Å²) in [5.74, 6) is -1.68. The molecule has 0 spiro atoms. The van der Waals surface area contributed by atoms with Crippen LogP contribution >= 0.6 is 11.3 Å². The normalized spacial score (nSPS) is 19.3. The van der Waals surface area contributed by atoms with Crippen molar-refractivity contribution < 1.29 is 19.5 Å². The minimum absolute atomic E-state index is 0.111. The lowest BCUT2D eigenvalue weighted by Crippen LogP contribution is -2.50. The molecule has 1 heterocycles. The molecule has 1 aromatic rings. The molecule has 3 rings (SSSR count). The lowest BCUT2D eigenvalue weighted by molar-refractivity contribution is -0.138. The number of anilines is 1. The van der Waals surface area contributed by atoms with Crippen LogP contribution in [-0.2, 0) is 4.79 Å². The zero-order valence-corrected chi connectivity index (χ0v) is 17.7. The van der Waals surface area contributed by atoms with Crippen molar-refractivity contribution in [1.29, 1.82) is 0 Å². The van der Waals surface area contributed by atoms with Gasteiger partial charge in [-0.1, -0.05) is 38.5 Å². The summed E-state index contributed by atoms with van der Waals surface area (Å²) >= 11 is 1.17. The van der Waals surface area contributed by atoms with Gasteiger partial charge < -0.3 is 15.3 Å². The van der Waals surface area contributed by atoms with Gasteiger partial charge >= 0.3 is 12.0 Å². The van der Waals surface area contributed by atoms with E-state index in [-0.39, 0.29) is 23.8 Å². The first kappa shape index (κ1) is 21.5. The predicted octanol–water partition coefficient (Wildman–Crippen LogP) is 3.85. The standard InChI is InChI=1S/C20H30N4O4S/c1-13(18(26)27)21-17(25)16-12-29-19(22-16)23-20(28)24(14-8-4-2-5-9-14)15-10-6-3-7-11-15/h12-15H,2-11H2,1H3,(H,21,25)(H,26,27)(H,22,23,28)/t13-/m0/s1. The van der Waals surface area contributed by atoms with Gasteiger partial charge in [-0.15, -0.1) is 11.3 Å². The van der Waals surface area contributed by atoms with Crippen molar-refractivity contribution in [2.24, 2.45) is 0 Å². The molecule has 160 valence electrons. The Morgan fingerprint density at radius 2 is 1.62 bits per heavy atom. The molecule has 1 aromatic heterocycles. The quantitative estimate of drug-likeness (QED) is 0.645. The van der Waals surface area contributed by atoms with Gasteiger partial charge in [-0.3, -0.25) is 14.9 Å². The molecule has 2 fully saturated rings. The number of nitrogens with one attached hydrogen (secondary N) is 2. The van der Waals surface area contributed by atoms with Gasteiger partial charge in [0.25, 0.3) is 5.91 Å². The fourth-order valence-electron chi connectivity index (χ4n) is 4.27. The Morgan fingerprint density at radius 3 is 2.14 bits per heavy atom. The molecule has 0 saturated heterocycles. The van der Waals surface area contributed by atoms with Crippen molar-refractivity contribution in [1.82, 2.24) is 15.2 Å². The molecule has 8 nitrogen and oxygen atoms in total. The number of rotatable bonds is 6. The molecule has 3 amide bonds. The van der Waals surface area contributed by atoms with Crippen molar-refractivity contribution in [2.45, 2.75) is 89.3 Å². The maximum Gasteiger partial charge on any atom is 0.325 e. The van der Waals surface area contributed by atoms with E-state index >= 15 is 0 Å². The lowest BCUT2D eigenvalue weighted by Gasteiger charge is -2.41. The summed E-state index contributed by atoms with van der Waals surface area (Å²) in [4.78, 5) is 42.4. The predicted molar refractivity (Wildman–Crippen MR) is 111 cm³/mol. The molecule has 0 radical (unpaired) electrons. The number of carbonyl (C=O) groups excluding carboxylic acids is 2. The largest absolute Gasteiger partial charge is 0.480 e. The number of urea groups is 1. The van der Waals surface area contributed by atoms with E-state index in [2.05, 4.69) is 15.6 Å². The highest BCUT2D eigenvalue weighted by molar-refractivity contribution is 7.14. The summed E-state index contributed by atoms with van der Waals surface area (Å²) in [7, 11) is 0. The van der Waals surface area contributed by atoms with Crippen LogP contribution in [0.2, 0.25) is 0 Å². The van der Waals surface area contributed by atoms with Crippen molar-refractivity contribution >= 4 is 34.4 Å². The van der Waals surface area contributed by atoms with E-state index in [1.54, 1.807) is 0 Å². The van der Waals surface area contributed by atoms with Crippen LogP contribution in [0.3, 0.4) is 0 Å². The summed E-state index contributed by atoms with van der Waals surface area (Å²) in [6.07, 6.45) is 11.3. The molecule has 0 unspecified atom stereocenters. The number of nitrogens with zero attached hydrogens (tertiary/aromatic N) is 2. The molecule has 0 bridgehead atoms. The Morgan fingerprint density at radius 1 is 1.07 bits per heavy atom.